The Labute approximate surface area is 124 Å². The fourth-order valence-corrected chi connectivity index (χ4v) is 3.99. The average molecular weight is 310 g/mol. The lowest BCUT2D eigenvalue weighted by Crippen LogP contribution is -2.42. The van der Waals surface area contributed by atoms with E-state index in [4.69, 9.17) is 4.74 Å². The van der Waals surface area contributed by atoms with Gasteiger partial charge in [-0.1, -0.05) is 4.21 Å². The second kappa shape index (κ2) is 5.84. The molecule has 2 aliphatic rings. The molecule has 114 valence electrons. The third kappa shape index (κ3) is 3.32. The number of carbonyl (C=O) groups excluding carboxylic acids is 1. The zero-order chi connectivity index (χ0) is 14.9. The Kier molecular flexibility index (Phi) is 4.08. The van der Waals surface area contributed by atoms with E-state index in [9.17, 15) is 13.6 Å². The third-order valence-electron chi connectivity index (χ3n) is 3.83. The number of fused-ring (bicyclic) bond motifs is 1. The number of benzene rings is 1. The summed E-state index contributed by atoms with van der Waals surface area (Å²) in [5.74, 6) is -0.0292. The van der Waals surface area contributed by atoms with Crippen LogP contribution in [0.1, 0.15) is 24.8 Å². The Balaban J connectivity index is 1.78. The number of amides is 1. The minimum absolute atomic E-state index is 0.0292. The Morgan fingerprint density at radius 3 is 2.81 bits per heavy atom. The van der Waals surface area contributed by atoms with Crippen molar-refractivity contribution in [3.8, 4) is 0 Å². The van der Waals surface area contributed by atoms with Crippen LogP contribution in [0.15, 0.2) is 23.1 Å². The molecule has 0 radical (unpaired) electrons. The molecule has 2 heterocycles. The molecular weight excluding hydrogens is 292 g/mol. The molecule has 0 saturated carbocycles. The SMILES string of the molecule is O=C1CCc2cc([S+](=O)([O-])NC3CCOCC3)ccc2N1. The maximum absolute atomic E-state index is 12.4. The van der Waals surface area contributed by atoms with Gasteiger partial charge in [0, 0.05) is 31.4 Å². The third-order valence-corrected chi connectivity index (χ3v) is 5.34. The van der Waals surface area contributed by atoms with Crippen LogP contribution in [0.5, 0.6) is 0 Å². The number of hydrogen-bond acceptors (Lipinski definition) is 4. The Bertz CT molecular complexity index is 599. The van der Waals surface area contributed by atoms with Crippen LogP contribution in [-0.2, 0) is 30.6 Å². The summed E-state index contributed by atoms with van der Waals surface area (Å²) in [6, 6.07) is 4.77. The molecule has 0 aliphatic carbocycles. The summed E-state index contributed by atoms with van der Waals surface area (Å²) >= 11 is 0. The van der Waals surface area contributed by atoms with Crippen molar-refractivity contribution >= 4 is 22.0 Å². The summed E-state index contributed by atoms with van der Waals surface area (Å²) in [6.45, 7) is 1.17. The number of aryl methyl sites for hydroxylation is 1. The van der Waals surface area contributed by atoms with Crippen LogP contribution in [0.4, 0.5) is 5.69 Å². The van der Waals surface area contributed by atoms with Crippen LogP contribution in [0, 0.1) is 0 Å². The maximum Gasteiger partial charge on any atom is 0.224 e. The first-order valence-electron chi connectivity index (χ1n) is 7.07. The molecule has 1 amide bonds. The zero-order valence-electron chi connectivity index (χ0n) is 11.6. The van der Waals surface area contributed by atoms with Gasteiger partial charge in [0.2, 0.25) is 5.91 Å². The molecule has 0 aromatic heterocycles. The Morgan fingerprint density at radius 2 is 2.05 bits per heavy atom. The van der Waals surface area contributed by atoms with Crippen LogP contribution in [-0.4, -0.2) is 29.7 Å². The highest BCUT2D eigenvalue weighted by Gasteiger charge is 2.28. The molecule has 3 rings (SSSR count). The molecule has 2 aliphatic heterocycles. The lowest BCUT2D eigenvalue weighted by Gasteiger charge is -2.26. The standard InChI is InChI=1S/C14H18N2O4S/c17-14-4-1-10-9-12(2-3-13(10)15-14)21(18,19)16-11-5-7-20-8-6-11/h2-3,9,11H,1,4-8H2,(H2-,15,16,17,18,19). The number of sulfonamides is 1. The molecule has 7 heteroatoms. The largest absolute Gasteiger partial charge is 0.593 e. The fraction of sp³-hybridized carbons (Fsp3) is 0.500. The summed E-state index contributed by atoms with van der Waals surface area (Å²) in [7, 11) is -3.53. The van der Waals surface area contributed by atoms with E-state index in [2.05, 4.69) is 10.0 Å². The second-order valence-electron chi connectivity index (χ2n) is 5.38. The van der Waals surface area contributed by atoms with Crippen molar-refractivity contribution in [3.63, 3.8) is 0 Å². The van der Waals surface area contributed by atoms with Crippen LogP contribution >= 0.6 is 0 Å². The van der Waals surface area contributed by atoms with Gasteiger partial charge < -0.3 is 14.6 Å². The van der Waals surface area contributed by atoms with Crippen molar-refractivity contribution in [1.82, 2.24) is 4.72 Å². The Hall–Kier alpha value is -1.28. The molecule has 6 nitrogen and oxygen atoms in total. The lowest BCUT2D eigenvalue weighted by atomic mass is 10.0. The quantitative estimate of drug-likeness (QED) is 0.822. The highest BCUT2D eigenvalue weighted by atomic mass is 32.3. The molecule has 0 bridgehead atoms. The lowest BCUT2D eigenvalue weighted by molar-refractivity contribution is -0.116. The van der Waals surface area contributed by atoms with Crippen molar-refractivity contribution in [3.05, 3.63) is 23.8 Å². The normalized spacial score (nSPS) is 22.2. The minimum atomic E-state index is -3.53. The first-order valence-corrected chi connectivity index (χ1v) is 8.56. The van der Waals surface area contributed by atoms with Gasteiger partial charge in [-0.15, -0.1) is 4.72 Å². The monoisotopic (exact) mass is 310 g/mol. The zero-order valence-corrected chi connectivity index (χ0v) is 12.4. The average Bonchev–Trinajstić information content (AvgIpc) is 2.47. The Morgan fingerprint density at radius 1 is 1.29 bits per heavy atom. The summed E-state index contributed by atoms with van der Waals surface area (Å²) < 4.78 is 32.8. The van der Waals surface area contributed by atoms with Gasteiger partial charge >= 0.3 is 0 Å². The van der Waals surface area contributed by atoms with Crippen molar-refractivity contribution in [2.75, 3.05) is 18.5 Å². The first kappa shape index (κ1) is 14.6. The van der Waals surface area contributed by atoms with Crippen LogP contribution in [0.3, 0.4) is 0 Å². The summed E-state index contributed by atoms with van der Waals surface area (Å²) in [6.07, 6.45) is 2.35. The number of nitrogens with one attached hydrogen (secondary N) is 2. The second-order valence-corrected chi connectivity index (χ2v) is 7.09. The van der Waals surface area contributed by atoms with E-state index in [1.807, 2.05) is 0 Å². The van der Waals surface area contributed by atoms with Crippen molar-refractivity contribution in [2.24, 2.45) is 0 Å². The smallest absolute Gasteiger partial charge is 0.224 e. The fourth-order valence-electron chi connectivity index (χ4n) is 2.63. The van der Waals surface area contributed by atoms with Gasteiger partial charge in [-0.25, -0.2) is 0 Å². The predicted octanol–water partition coefficient (Wildman–Crippen LogP) is 1.24. The molecule has 1 aromatic rings. The topological polar surface area (TPSA) is 90.5 Å². The molecule has 2 N–H and O–H groups in total. The predicted molar refractivity (Wildman–Crippen MR) is 77.5 cm³/mol. The van der Waals surface area contributed by atoms with E-state index >= 15 is 0 Å². The molecule has 1 unspecified atom stereocenters. The van der Waals surface area contributed by atoms with Crippen molar-refractivity contribution < 1.29 is 18.3 Å². The number of rotatable bonds is 3. The van der Waals surface area contributed by atoms with Crippen LogP contribution < -0.4 is 10.0 Å². The molecule has 0 spiro atoms. The van der Waals surface area contributed by atoms with Gasteiger partial charge in [-0.3, -0.25) is 4.79 Å². The molecule has 1 saturated heterocycles. The molecule has 21 heavy (non-hydrogen) atoms. The summed E-state index contributed by atoms with van der Waals surface area (Å²) in [4.78, 5) is 11.6. The van der Waals surface area contributed by atoms with E-state index in [0.717, 1.165) is 5.56 Å². The van der Waals surface area contributed by atoms with Gasteiger partial charge in [0.25, 0.3) is 0 Å². The van der Waals surface area contributed by atoms with E-state index in [1.54, 1.807) is 12.1 Å². The van der Waals surface area contributed by atoms with Crippen LogP contribution in [0.2, 0.25) is 0 Å². The number of ether oxygens (including phenoxy) is 1. The summed E-state index contributed by atoms with van der Waals surface area (Å²) in [5.41, 5.74) is 1.57. The van der Waals surface area contributed by atoms with E-state index < -0.39 is 10.4 Å². The molecule has 1 atom stereocenters. The maximum atomic E-state index is 12.4. The van der Waals surface area contributed by atoms with Gasteiger partial charge in [0.05, 0.1) is 6.04 Å². The van der Waals surface area contributed by atoms with Gasteiger partial charge in [0.1, 0.15) is 0 Å². The highest BCUT2D eigenvalue weighted by molar-refractivity contribution is 7.95. The number of hydrogen-bond donors (Lipinski definition) is 2. The van der Waals surface area contributed by atoms with Crippen molar-refractivity contribution in [2.45, 2.75) is 36.6 Å². The van der Waals surface area contributed by atoms with E-state index in [-0.39, 0.29) is 16.8 Å². The first-order chi connectivity index (χ1) is 10.0. The van der Waals surface area contributed by atoms with Gasteiger partial charge in [0.15, 0.2) is 15.3 Å². The minimum Gasteiger partial charge on any atom is -0.593 e. The molecule has 1 aromatic carbocycles. The molecular formula is C14H18N2O4S. The van der Waals surface area contributed by atoms with Gasteiger partial charge in [-0.05, 0) is 37.0 Å². The number of anilines is 1. The van der Waals surface area contributed by atoms with E-state index in [1.165, 1.54) is 6.07 Å². The number of carbonyl (C=O) groups is 1. The molecule has 1 fully saturated rings. The summed E-state index contributed by atoms with van der Waals surface area (Å²) in [5, 5.41) is 2.75. The van der Waals surface area contributed by atoms with Gasteiger partial charge in [-0.2, -0.15) is 0 Å². The van der Waals surface area contributed by atoms with Crippen molar-refractivity contribution in [1.29, 1.82) is 0 Å². The highest BCUT2D eigenvalue weighted by Crippen LogP contribution is 2.27. The van der Waals surface area contributed by atoms with Crippen LogP contribution in [0.25, 0.3) is 0 Å². The van der Waals surface area contributed by atoms with E-state index in [0.29, 0.717) is 44.6 Å².